The summed E-state index contributed by atoms with van der Waals surface area (Å²) in [5.74, 6) is 0.645. The molecule has 1 N–H and O–H groups in total. The van der Waals surface area contributed by atoms with Gasteiger partial charge in [-0.1, -0.05) is 12.8 Å². The van der Waals surface area contributed by atoms with Crippen LogP contribution in [0.4, 0.5) is 0 Å². The first-order valence-electron chi connectivity index (χ1n) is 6.14. The molecule has 1 aliphatic carbocycles. The summed E-state index contributed by atoms with van der Waals surface area (Å²) in [5.41, 5.74) is 0.379. The van der Waals surface area contributed by atoms with Gasteiger partial charge in [0.2, 0.25) is 5.88 Å². The Kier molecular flexibility index (Phi) is 4.01. The lowest BCUT2D eigenvalue weighted by molar-refractivity contribution is 0.0521. The van der Waals surface area contributed by atoms with E-state index >= 15 is 0 Å². The zero-order valence-corrected chi connectivity index (χ0v) is 10.1. The Morgan fingerprint density at radius 1 is 1.53 bits per heavy atom. The van der Waals surface area contributed by atoms with Gasteiger partial charge in [-0.25, -0.2) is 9.89 Å². The Labute approximate surface area is 100 Å². The lowest BCUT2D eigenvalue weighted by Crippen LogP contribution is -2.11. The maximum Gasteiger partial charge on any atom is 0.345 e. The average molecular weight is 238 g/mol. The average Bonchev–Trinajstić information content (AvgIpc) is 2.98. The molecule has 1 aromatic heterocycles. The van der Waals surface area contributed by atoms with E-state index in [-0.39, 0.29) is 5.97 Å². The number of aromatic nitrogens is 2. The third-order valence-corrected chi connectivity index (χ3v) is 3.04. The van der Waals surface area contributed by atoms with Crippen molar-refractivity contribution in [2.24, 2.45) is 5.92 Å². The number of hydrogen-bond acceptors (Lipinski definition) is 4. The predicted octanol–water partition coefficient (Wildman–Crippen LogP) is 2.16. The van der Waals surface area contributed by atoms with Crippen LogP contribution in [0.2, 0.25) is 0 Å². The third kappa shape index (κ3) is 2.99. The van der Waals surface area contributed by atoms with E-state index in [2.05, 4.69) is 10.2 Å². The van der Waals surface area contributed by atoms with Gasteiger partial charge in [0.15, 0.2) is 0 Å². The van der Waals surface area contributed by atoms with E-state index in [0.29, 0.717) is 30.6 Å². The number of H-pyrrole nitrogens is 1. The molecule has 0 amide bonds. The Bertz CT molecular complexity index is 370. The van der Waals surface area contributed by atoms with Crippen molar-refractivity contribution in [1.29, 1.82) is 0 Å². The molecule has 0 aliphatic heterocycles. The monoisotopic (exact) mass is 238 g/mol. The number of carbonyl (C=O) groups excluding carboxylic acids is 1. The van der Waals surface area contributed by atoms with Crippen molar-refractivity contribution in [3.8, 4) is 5.88 Å². The van der Waals surface area contributed by atoms with Crippen LogP contribution in [0.15, 0.2) is 6.20 Å². The van der Waals surface area contributed by atoms with Crippen molar-refractivity contribution in [3.63, 3.8) is 0 Å². The smallest absolute Gasteiger partial charge is 0.345 e. The minimum Gasteiger partial charge on any atom is -0.477 e. The number of rotatable bonds is 5. The van der Waals surface area contributed by atoms with Gasteiger partial charge >= 0.3 is 5.97 Å². The lowest BCUT2D eigenvalue weighted by atomic mass is 10.1. The quantitative estimate of drug-likeness (QED) is 0.798. The van der Waals surface area contributed by atoms with Gasteiger partial charge in [0.1, 0.15) is 5.56 Å². The molecule has 17 heavy (non-hydrogen) atoms. The van der Waals surface area contributed by atoms with Crippen molar-refractivity contribution < 1.29 is 14.3 Å². The highest BCUT2D eigenvalue weighted by Gasteiger charge is 2.19. The molecule has 1 saturated carbocycles. The van der Waals surface area contributed by atoms with Crippen LogP contribution in [0.25, 0.3) is 0 Å². The number of nitrogens with zero attached hydrogens (tertiary/aromatic N) is 1. The Balaban J connectivity index is 1.91. The first kappa shape index (κ1) is 12.0. The summed E-state index contributed by atoms with van der Waals surface area (Å²) >= 11 is 0. The fourth-order valence-electron chi connectivity index (χ4n) is 2.12. The molecule has 0 bridgehead atoms. The molecular weight excluding hydrogens is 220 g/mol. The van der Waals surface area contributed by atoms with Crippen LogP contribution in [0.1, 0.15) is 43.0 Å². The highest BCUT2D eigenvalue weighted by atomic mass is 16.5. The highest BCUT2D eigenvalue weighted by Crippen LogP contribution is 2.26. The number of aromatic amines is 1. The van der Waals surface area contributed by atoms with E-state index in [1.165, 1.54) is 31.9 Å². The summed E-state index contributed by atoms with van der Waals surface area (Å²) in [6.07, 6.45) is 6.43. The second kappa shape index (κ2) is 5.70. The van der Waals surface area contributed by atoms with Gasteiger partial charge in [0, 0.05) is 0 Å². The zero-order valence-electron chi connectivity index (χ0n) is 10.1. The van der Waals surface area contributed by atoms with E-state index in [4.69, 9.17) is 9.47 Å². The maximum absolute atomic E-state index is 11.6. The van der Waals surface area contributed by atoms with E-state index < -0.39 is 0 Å². The summed E-state index contributed by atoms with van der Waals surface area (Å²) < 4.78 is 10.5. The summed E-state index contributed by atoms with van der Waals surface area (Å²) in [6, 6.07) is 0. The maximum atomic E-state index is 11.6. The fraction of sp³-hybridized carbons (Fsp3) is 0.667. The molecule has 0 spiro atoms. The first-order chi connectivity index (χ1) is 8.31. The summed E-state index contributed by atoms with van der Waals surface area (Å²) in [4.78, 5) is 11.6. The van der Waals surface area contributed by atoms with E-state index in [0.717, 1.165) is 0 Å². The van der Waals surface area contributed by atoms with Crippen molar-refractivity contribution in [3.05, 3.63) is 11.8 Å². The van der Waals surface area contributed by atoms with Crippen molar-refractivity contribution in [2.75, 3.05) is 13.2 Å². The normalized spacial score (nSPS) is 16.1. The molecule has 1 aliphatic rings. The molecule has 0 radical (unpaired) electrons. The first-order valence-corrected chi connectivity index (χ1v) is 6.14. The molecule has 0 unspecified atom stereocenters. The number of nitrogens with one attached hydrogen (secondary N) is 1. The Hall–Kier alpha value is -1.52. The second-order valence-corrected chi connectivity index (χ2v) is 4.29. The number of carbonyl (C=O) groups is 1. The number of hydrogen-bond donors (Lipinski definition) is 1. The standard InChI is InChI=1S/C12H18N2O3/c1-2-16-12(15)10-7-13-14-11(10)17-8-9-5-3-4-6-9/h7,9H,2-6,8H2,1H3,(H,13,14). The molecule has 1 aromatic rings. The van der Waals surface area contributed by atoms with Crippen LogP contribution in [0.5, 0.6) is 5.88 Å². The van der Waals surface area contributed by atoms with Crippen molar-refractivity contribution >= 4 is 5.97 Å². The molecule has 1 heterocycles. The molecule has 0 aromatic carbocycles. The fourth-order valence-corrected chi connectivity index (χ4v) is 2.12. The molecular formula is C12H18N2O3. The Morgan fingerprint density at radius 2 is 2.29 bits per heavy atom. The van der Waals surface area contributed by atoms with Crippen LogP contribution in [0, 0.1) is 5.92 Å². The highest BCUT2D eigenvalue weighted by molar-refractivity contribution is 5.91. The summed E-state index contributed by atoms with van der Waals surface area (Å²) in [6.45, 7) is 2.78. The van der Waals surface area contributed by atoms with Gasteiger partial charge in [0.25, 0.3) is 0 Å². The van der Waals surface area contributed by atoms with E-state index in [1.807, 2.05) is 0 Å². The molecule has 0 saturated heterocycles. The predicted molar refractivity (Wildman–Crippen MR) is 62.0 cm³/mol. The molecule has 5 heteroatoms. The van der Waals surface area contributed by atoms with E-state index in [1.54, 1.807) is 6.92 Å². The molecule has 0 atom stereocenters. The largest absolute Gasteiger partial charge is 0.477 e. The van der Waals surface area contributed by atoms with Gasteiger partial charge in [0.05, 0.1) is 19.4 Å². The van der Waals surface area contributed by atoms with Gasteiger partial charge in [-0.3, -0.25) is 0 Å². The molecule has 1 fully saturated rings. The number of ether oxygens (including phenoxy) is 2. The molecule has 2 rings (SSSR count). The van der Waals surface area contributed by atoms with Crippen molar-refractivity contribution in [2.45, 2.75) is 32.6 Å². The Morgan fingerprint density at radius 3 is 3.00 bits per heavy atom. The minimum atomic E-state index is -0.386. The SMILES string of the molecule is CCOC(=O)c1cn[nH]c1OCC1CCCC1. The third-order valence-electron chi connectivity index (χ3n) is 3.04. The van der Waals surface area contributed by atoms with Gasteiger partial charge < -0.3 is 9.47 Å². The van der Waals surface area contributed by atoms with Crippen LogP contribution in [-0.4, -0.2) is 29.4 Å². The van der Waals surface area contributed by atoms with Crippen LogP contribution >= 0.6 is 0 Å². The van der Waals surface area contributed by atoms with Gasteiger partial charge in [-0.2, -0.15) is 5.10 Å². The van der Waals surface area contributed by atoms with Crippen LogP contribution in [-0.2, 0) is 4.74 Å². The van der Waals surface area contributed by atoms with Crippen molar-refractivity contribution in [1.82, 2.24) is 10.2 Å². The molecule has 94 valence electrons. The second-order valence-electron chi connectivity index (χ2n) is 4.29. The van der Waals surface area contributed by atoms with E-state index in [9.17, 15) is 4.79 Å². The number of esters is 1. The summed E-state index contributed by atoms with van der Waals surface area (Å²) in [5, 5.41) is 6.52. The minimum absolute atomic E-state index is 0.353. The zero-order chi connectivity index (χ0) is 12.1. The molecule has 5 nitrogen and oxygen atoms in total. The van der Waals surface area contributed by atoms with Gasteiger partial charge in [-0.05, 0) is 25.7 Å². The topological polar surface area (TPSA) is 64.2 Å². The van der Waals surface area contributed by atoms with Crippen LogP contribution < -0.4 is 4.74 Å². The van der Waals surface area contributed by atoms with Gasteiger partial charge in [-0.15, -0.1) is 0 Å². The lowest BCUT2D eigenvalue weighted by Gasteiger charge is -2.10. The van der Waals surface area contributed by atoms with Crippen LogP contribution in [0.3, 0.4) is 0 Å². The summed E-state index contributed by atoms with van der Waals surface area (Å²) in [7, 11) is 0.